The molecular formula is C19H17N3O. The number of hydrazine groups is 1. The molecule has 114 valence electrons. The predicted molar refractivity (Wildman–Crippen MR) is 88.7 cm³/mol. The van der Waals surface area contributed by atoms with Crippen LogP contribution in [-0.4, -0.2) is 17.8 Å². The fraction of sp³-hybridized carbons (Fsp3) is 0.158. The maximum Gasteiger partial charge on any atom is 0.177 e. The molecule has 0 fully saturated rings. The highest BCUT2D eigenvalue weighted by Gasteiger charge is 2.29. The van der Waals surface area contributed by atoms with E-state index in [1.54, 1.807) is 0 Å². The molecule has 0 aliphatic carbocycles. The predicted octanol–water partition coefficient (Wildman–Crippen LogP) is 3.07. The van der Waals surface area contributed by atoms with Crippen LogP contribution in [0, 0.1) is 11.3 Å². The smallest absolute Gasteiger partial charge is 0.177 e. The van der Waals surface area contributed by atoms with Gasteiger partial charge in [-0.2, -0.15) is 5.26 Å². The Balaban J connectivity index is 2.02. The van der Waals surface area contributed by atoms with E-state index in [1.165, 1.54) is 0 Å². The van der Waals surface area contributed by atoms with E-state index in [9.17, 15) is 10.1 Å². The zero-order chi connectivity index (χ0) is 16.2. The average Bonchev–Trinajstić information content (AvgIpc) is 2.73. The average molecular weight is 303 g/mol. The number of hydrogen-bond donors (Lipinski definition) is 1. The van der Waals surface area contributed by atoms with Gasteiger partial charge in [0, 0.05) is 19.0 Å². The number of ketones is 1. The first-order chi connectivity index (χ1) is 11.2. The van der Waals surface area contributed by atoms with Gasteiger partial charge < -0.3 is 5.43 Å². The molecule has 2 aromatic rings. The number of nitriles is 1. The van der Waals surface area contributed by atoms with E-state index in [0.717, 1.165) is 11.1 Å². The molecular weight excluding hydrogens is 286 g/mol. The van der Waals surface area contributed by atoms with Crippen LogP contribution in [0.5, 0.6) is 0 Å². The van der Waals surface area contributed by atoms with E-state index >= 15 is 0 Å². The molecule has 0 bridgehead atoms. The summed E-state index contributed by atoms with van der Waals surface area (Å²) in [4.78, 5) is 12.6. The van der Waals surface area contributed by atoms with Crippen LogP contribution in [0.4, 0.5) is 0 Å². The fourth-order valence-electron chi connectivity index (χ4n) is 2.81. The van der Waals surface area contributed by atoms with Gasteiger partial charge >= 0.3 is 0 Å². The Labute approximate surface area is 135 Å². The Morgan fingerprint density at radius 3 is 2.30 bits per heavy atom. The monoisotopic (exact) mass is 303 g/mol. The Kier molecular flexibility index (Phi) is 4.22. The van der Waals surface area contributed by atoms with Crippen LogP contribution in [0.25, 0.3) is 5.70 Å². The molecule has 1 heterocycles. The molecule has 1 atom stereocenters. The van der Waals surface area contributed by atoms with Gasteiger partial charge in [0.05, 0.1) is 11.7 Å². The van der Waals surface area contributed by atoms with Gasteiger partial charge in [-0.25, -0.2) is 5.01 Å². The van der Waals surface area contributed by atoms with Crippen molar-refractivity contribution in [3.8, 4) is 6.07 Å². The summed E-state index contributed by atoms with van der Waals surface area (Å²) in [6.45, 7) is 0. The summed E-state index contributed by atoms with van der Waals surface area (Å²) in [5.41, 5.74) is 5.87. The second kappa shape index (κ2) is 6.47. The summed E-state index contributed by atoms with van der Waals surface area (Å²) in [5.74, 6) is -0.142. The minimum atomic E-state index is -0.142. The van der Waals surface area contributed by atoms with Crippen LogP contribution >= 0.6 is 0 Å². The van der Waals surface area contributed by atoms with Crippen molar-refractivity contribution in [2.24, 2.45) is 0 Å². The number of nitrogens with zero attached hydrogens (tertiary/aromatic N) is 2. The minimum absolute atomic E-state index is 0.117. The largest absolute Gasteiger partial charge is 0.317 e. The fourth-order valence-corrected chi connectivity index (χ4v) is 2.81. The topological polar surface area (TPSA) is 56.1 Å². The highest BCUT2D eigenvalue weighted by molar-refractivity contribution is 6.06. The third-order valence-electron chi connectivity index (χ3n) is 4.02. The van der Waals surface area contributed by atoms with Gasteiger partial charge in [0.25, 0.3) is 0 Å². The maximum atomic E-state index is 12.6. The van der Waals surface area contributed by atoms with Gasteiger partial charge in [0.15, 0.2) is 5.78 Å². The summed E-state index contributed by atoms with van der Waals surface area (Å²) in [5, 5.41) is 11.4. The lowest BCUT2D eigenvalue weighted by molar-refractivity contribution is -0.116. The van der Waals surface area contributed by atoms with Gasteiger partial charge in [0.2, 0.25) is 0 Å². The second-order valence-corrected chi connectivity index (χ2v) is 5.50. The lowest BCUT2D eigenvalue weighted by atomic mass is 9.97. The Hall–Kier alpha value is -2.90. The SMILES string of the molecule is CN1NC(c2ccccc2)=C(C#N)C(=O)C[C@@H]1c1ccccc1. The van der Waals surface area contributed by atoms with Crippen molar-refractivity contribution in [2.45, 2.75) is 12.5 Å². The highest BCUT2D eigenvalue weighted by atomic mass is 16.1. The number of allylic oxidation sites excluding steroid dienone is 1. The Morgan fingerprint density at radius 2 is 1.70 bits per heavy atom. The minimum Gasteiger partial charge on any atom is -0.317 e. The standard InChI is InChI=1S/C19H17N3O/c1-22-17(14-8-4-2-5-9-14)12-18(23)16(13-20)19(21-22)15-10-6-3-7-11-15/h2-11,17,21H,12H2,1H3/t17-/m1/s1. The van der Waals surface area contributed by atoms with Gasteiger partial charge in [-0.05, 0) is 5.56 Å². The first-order valence-electron chi connectivity index (χ1n) is 7.48. The molecule has 0 saturated carbocycles. The number of rotatable bonds is 2. The van der Waals surface area contributed by atoms with Gasteiger partial charge in [0.1, 0.15) is 11.6 Å². The van der Waals surface area contributed by atoms with Gasteiger partial charge in [-0.1, -0.05) is 60.7 Å². The third kappa shape index (κ3) is 3.01. The van der Waals surface area contributed by atoms with Crippen LogP contribution in [0.1, 0.15) is 23.6 Å². The van der Waals surface area contributed by atoms with E-state index in [2.05, 4.69) is 11.5 Å². The molecule has 0 unspecified atom stereocenters. The highest BCUT2D eigenvalue weighted by Crippen LogP contribution is 2.30. The third-order valence-corrected chi connectivity index (χ3v) is 4.02. The molecule has 4 heteroatoms. The van der Waals surface area contributed by atoms with Crippen LogP contribution in [0.15, 0.2) is 66.2 Å². The summed E-state index contributed by atoms with van der Waals surface area (Å²) in [6, 6.07) is 21.3. The number of carbonyl (C=O) groups excluding carboxylic acids is 1. The van der Waals surface area contributed by atoms with E-state index in [0.29, 0.717) is 5.70 Å². The van der Waals surface area contributed by atoms with Crippen molar-refractivity contribution in [3.63, 3.8) is 0 Å². The van der Waals surface area contributed by atoms with Crippen molar-refractivity contribution >= 4 is 11.5 Å². The summed E-state index contributed by atoms with van der Waals surface area (Å²) in [6.07, 6.45) is 0.271. The Bertz CT molecular complexity index is 775. The molecule has 0 saturated heterocycles. The molecule has 3 rings (SSSR count). The molecule has 1 N–H and O–H groups in total. The van der Waals surface area contributed by atoms with Gasteiger partial charge in [-0.15, -0.1) is 0 Å². The van der Waals surface area contributed by atoms with Crippen LogP contribution < -0.4 is 5.43 Å². The first kappa shape index (κ1) is 15.0. The van der Waals surface area contributed by atoms with Crippen LogP contribution in [0.3, 0.4) is 0 Å². The maximum absolute atomic E-state index is 12.6. The lowest BCUT2D eigenvalue weighted by Crippen LogP contribution is -2.35. The lowest BCUT2D eigenvalue weighted by Gasteiger charge is -2.27. The zero-order valence-corrected chi connectivity index (χ0v) is 12.9. The van der Waals surface area contributed by atoms with E-state index in [4.69, 9.17) is 0 Å². The van der Waals surface area contributed by atoms with Crippen molar-refractivity contribution in [3.05, 3.63) is 77.4 Å². The van der Waals surface area contributed by atoms with E-state index < -0.39 is 0 Å². The molecule has 23 heavy (non-hydrogen) atoms. The van der Waals surface area contributed by atoms with Crippen molar-refractivity contribution < 1.29 is 4.79 Å². The second-order valence-electron chi connectivity index (χ2n) is 5.50. The molecule has 1 aliphatic rings. The molecule has 0 amide bonds. The number of Topliss-reactive ketones (excluding diaryl/α,β-unsaturated/α-hetero) is 1. The summed E-state index contributed by atoms with van der Waals surface area (Å²) < 4.78 is 0. The van der Waals surface area contributed by atoms with E-state index in [1.807, 2.05) is 72.7 Å². The van der Waals surface area contributed by atoms with Gasteiger partial charge in [-0.3, -0.25) is 4.79 Å². The summed E-state index contributed by atoms with van der Waals surface area (Å²) >= 11 is 0. The zero-order valence-electron chi connectivity index (χ0n) is 12.9. The van der Waals surface area contributed by atoms with Crippen LogP contribution in [0.2, 0.25) is 0 Å². The van der Waals surface area contributed by atoms with Crippen molar-refractivity contribution in [1.29, 1.82) is 5.26 Å². The normalized spacial score (nSPS) is 19.0. The van der Waals surface area contributed by atoms with Crippen molar-refractivity contribution in [1.82, 2.24) is 10.4 Å². The molecule has 0 radical (unpaired) electrons. The molecule has 0 spiro atoms. The number of hydrogen-bond acceptors (Lipinski definition) is 4. The van der Waals surface area contributed by atoms with Crippen LogP contribution in [-0.2, 0) is 4.79 Å². The van der Waals surface area contributed by atoms with E-state index in [-0.39, 0.29) is 23.8 Å². The molecule has 1 aliphatic heterocycles. The Morgan fingerprint density at radius 1 is 1.09 bits per heavy atom. The summed E-state index contributed by atoms with van der Waals surface area (Å²) in [7, 11) is 1.90. The first-order valence-corrected chi connectivity index (χ1v) is 7.48. The number of benzene rings is 2. The number of nitrogens with one attached hydrogen (secondary N) is 1. The van der Waals surface area contributed by atoms with Crippen molar-refractivity contribution in [2.75, 3.05) is 7.05 Å². The molecule has 2 aromatic carbocycles. The molecule has 4 nitrogen and oxygen atoms in total. The number of carbonyl (C=O) groups is 1. The molecule has 0 aromatic heterocycles. The quantitative estimate of drug-likeness (QED) is 0.926.